The smallest absolute Gasteiger partial charge is 0.0246 e. The molecule has 0 saturated heterocycles. The van der Waals surface area contributed by atoms with E-state index < -0.39 is 0 Å². The molecular weight excluding hydrogens is 208 g/mol. The van der Waals surface area contributed by atoms with Crippen LogP contribution in [0.15, 0.2) is 0 Å². The van der Waals surface area contributed by atoms with Crippen LogP contribution in [-0.4, -0.2) is 30.6 Å². The summed E-state index contributed by atoms with van der Waals surface area (Å²) in [5.74, 6) is 0.841. The summed E-state index contributed by atoms with van der Waals surface area (Å²) in [5.41, 5.74) is 6.06. The Bertz CT molecular complexity index is 179. The Labute approximate surface area is 108 Å². The van der Waals surface area contributed by atoms with Gasteiger partial charge in [0.25, 0.3) is 0 Å². The van der Waals surface area contributed by atoms with Crippen molar-refractivity contribution < 1.29 is 0 Å². The van der Waals surface area contributed by atoms with Crippen molar-refractivity contribution >= 4 is 0 Å². The Hall–Kier alpha value is -0.0800. The van der Waals surface area contributed by atoms with E-state index in [-0.39, 0.29) is 0 Å². The summed E-state index contributed by atoms with van der Waals surface area (Å²) < 4.78 is 0. The van der Waals surface area contributed by atoms with Gasteiger partial charge in [-0.25, -0.2) is 0 Å². The van der Waals surface area contributed by atoms with Crippen LogP contribution in [0.3, 0.4) is 0 Å². The maximum atomic E-state index is 6.06. The minimum Gasteiger partial charge on any atom is -0.329 e. The molecule has 0 heterocycles. The summed E-state index contributed by atoms with van der Waals surface area (Å²) >= 11 is 0. The summed E-state index contributed by atoms with van der Waals surface area (Å²) in [6.07, 6.45) is 11.0. The van der Waals surface area contributed by atoms with E-state index in [1.165, 1.54) is 51.4 Å². The van der Waals surface area contributed by atoms with Crippen LogP contribution in [0.4, 0.5) is 0 Å². The zero-order valence-corrected chi connectivity index (χ0v) is 12.1. The van der Waals surface area contributed by atoms with Crippen LogP contribution < -0.4 is 5.73 Å². The van der Waals surface area contributed by atoms with Crippen LogP contribution in [0.25, 0.3) is 0 Å². The highest BCUT2D eigenvalue weighted by Gasteiger charge is 2.27. The van der Waals surface area contributed by atoms with Crippen LogP contribution in [0.5, 0.6) is 0 Å². The molecule has 0 aromatic carbocycles. The highest BCUT2D eigenvalue weighted by molar-refractivity contribution is 4.83. The van der Waals surface area contributed by atoms with E-state index in [2.05, 4.69) is 25.8 Å². The molecule has 0 aliphatic heterocycles. The third-order valence-corrected chi connectivity index (χ3v) is 4.73. The van der Waals surface area contributed by atoms with Gasteiger partial charge in [-0.05, 0) is 38.6 Å². The Morgan fingerprint density at radius 3 is 2.00 bits per heavy atom. The fourth-order valence-corrected chi connectivity index (χ4v) is 3.52. The molecule has 2 heteroatoms. The zero-order chi connectivity index (χ0) is 12.7. The summed E-state index contributed by atoms with van der Waals surface area (Å²) in [5, 5.41) is 0. The molecule has 2 nitrogen and oxygen atoms in total. The van der Waals surface area contributed by atoms with Crippen LogP contribution in [0.2, 0.25) is 0 Å². The predicted octanol–water partition coefficient (Wildman–Crippen LogP) is 3.40. The predicted molar refractivity (Wildman–Crippen MR) is 76.2 cm³/mol. The number of likely N-dealkylation sites (N-methyl/N-ethyl adjacent to an activating group) is 1. The van der Waals surface area contributed by atoms with Gasteiger partial charge in [-0.2, -0.15) is 0 Å². The average Bonchev–Trinajstić information content (AvgIpc) is 2.61. The Kier molecular flexibility index (Phi) is 7.14. The number of rotatable bonds is 6. The molecule has 1 aliphatic carbocycles. The molecule has 17 heavy (non-hydrogen) atoms. The lowest BCUT2D eigenvalue weighted by molar-refractivity contribution is 0.113. The van der Waals surface area contributed by atoms with Crippen LogP contribution in [0.1, 0.15) is 65.2 Å². The third-order valence-electron chi connectivity index (χ3n) is 4.73. The molecule has 0 radical (unpaired) electrons. The standard InChI is InChI=1S/C15H32N2/c1-4-14(5-2)17(3)15(12-16)13-10-8-6-7-9-11-13/h13-15H,4-12,16H2,1-3H3. The van der Waals surface area contributed by atoms with Crippen molar-refractivity contribution in [1.82, 2.24) is 4.90 Å². The van der Waals surface area contributed by atoms with E-state index in [0.29, 0.717) is 12.1 Å². The normalized spacial score (nSPS) is 20.8. The first-order chi connectivity index (χ1) is 8.24. The fourth-order valence-electron chi connectivity index (χ4n) is 3.52. The molecule has 1 fully saturated rings. The number of nitrogens with two attached hydrogens (primary N) is 1. The van der Waals surface area contributed by atoms with Crippen molar-refractivity contribution in [1.29, 1.82) is 0 Å². The third kappa shape index (κ3) is 4.26. The molecule has 1 saturated carbocycles. The van der Waals surface area contributed by atoms with Gasteiger partial charge in [0.2, 0.25) is 0 Å². The first-order valence-electron chi connectivity index (χ1n) is 7.66. The first-order valence-corrected chi connectivity index (χ1v) is 7.66. The van der Waals surface area contributed by atoms with Gasteiger partial charge in [-0.1, -0.05) is 39.5 Å². The van der Waals surface area contributed by atoms with E-state index in [1.54, 1.807) is 0 Å². The molecule has 0 aromatic rings. The SMILES string of the molecule is CCC(CC)N(C)C(CN)C1CCCCCC1. The molecular formula is C15H32N2. The highest BCUT2D eigenvalue weighted by Crippen LogP contribution is 2.28. The van der Waals surface area contributed by atoms with Gasteiger partial charge < -0.3 is 5.73 Å². The Morgan fingerprint density at radius 1 is 1.06 bits per heavy atom. The second kappa shape index (κ2) is 8.10. The van der Waals surface area contributed by atoms with Gasteiger partial charge >= 0.3 is 0 Å². The van der Waals surface area contributed by atoms with Crippen molar-refractivity contribution in [3.8, 4) is 0 Å². The second-order valence-electron chi connectivity index (χ2n) is 5.69. The van der Waals surface area contributed by atoms with Gasteiger partial charge in [-0.3, -0.25) is 4.90 Å². The van der Waals surface area contributed by atoms with Crippen LogP contribution >= 0.6 is 0 Å². The molecule has 1 unspecified atom stereocenters. The molecule has 0 bridgehead atoms. The van der Waals surface area contributed by atoms with Crippen molar-refractivity contribution in [2.75, 3.05) is 13.6 Å². The van der Waals surface area contributed by atoms with Crippen LogP contribution in [0, 0.1) is 5.92 Å². The number of nitrogens with zero attached hydrogens (tertiary/aromatic N) is 1. The molecule has 0 amide bonds. The number of hydrogen-bond acceptors (Lipinski definition) is 2. The van der Waals surface area contributed by atoms with Gasteiger partial charge in [0.05, 0.1) is 0 Å². The largest absolute Gasteiger partial charge is 0.329 e. The lowest BCUT2D eigenvalue weighted by Crippen LogP contribution is -2.48. The summed E-state index contributed by atoms with van der Waals surface area (Å²) in [7, 11) is 2.29. The maximum Gasteiger partial charge on any atom is 0.0246 e. The highest BCUT2D eigenvalue weighted by atomic mass is 15.2. The summed E-state index contributed by atoms with van der Waals surface area (Å²) in [4.78, 5) is 2.58. The number of hydrogen-bond donors (Lipinski definition) is 1. The first kappa shape index (κ1) is 15.0. The fraction of sp³-hybridized carbons (Fsp3) is 1.00. The topological polar surface area (TPSA) is 29.3 Å². The minimum absolute atomic E-state index is 0.609. The van der Waals surface area contributed by atoms with E-state index >= 15 is 0 Å². The quantitative estimate of drug-likeness (QED) is 0.721. The molecule has 1 rings (SSSR count). The Balaban J connectivity index is 2.60. The van der Waals surface area contributed by atoms with E-state index in [4.69, 9.17) is 5.73 Å². The van der Waals surface area contributed by atoms with Crippen molar-refractivity contribution in [3.63, 3.8) is 0 Å². The zero-order valence-electron chi connectivity index (χ0n) is 12.1. The second-order valence-corrected chi connectivity index (χ2v) is 5.69. The van der Waals surface area contributed by atoms with Crippen LogP contribution in [-0.2, 0) is 0 Å². The summed E-state index contributed by atoms with van der Waals surface area (Å²) in [6.45, 7) is 5.42. The molecule has 2 N–H and O–H groups in total. The van der Waals surface area contributed by atoms with Gasteiger partial charge in [-0.15, -0.1) is 0 Å². The average molecular weight is 240 g/mol. The molecule has 0 spiro atoms. The molecule has 102 valence electrons. The Morgan fingerprint density at radius 2 is 1.59 bits per heavy atom. The molecule has 1 aliphatic rings. The maximum absolute atomic E-state index is 6.06. The minimum atomic E-state index is 0.609. The molecule has 0 aromatic heterocycles. The lowest BCUT2D eigenvalue weighted by Gasteiger charge is -2.38. The monoisotopic (exact) mass is 240 g/mol. The van der Waals surface area contributed by atoms with Gasteiger partial charge in [0, 0.05) is 18.6 Å². The van der Waals surface area contributed by atoms with E-state index in [1.807, 2.05) is 0 Å². The van der Waals surface area contributed by atoms with Crippen molar-refractivity contribution in [3.05, 3.63) is 0 Å². The van der Waals surface area contributed by atoms with Gasteiger partial charge in [0.15, 0.2) is 0 Å². The lowest BCUT2D eigenvalue weighted by atomic mass is 9.89. The van der Waals surface area contributed by atoms with E-state index in [0.717, 1.165) is 12.5 Å². The van der Waals surface area contributed by atoms with E-state index in [9.17, 15) is 0 Å². The van der Waals surface area contributed by atoms with Crippen molar-refractivity contribution in [2.45, 2.75) is 77.3 Å². The molecule has 1 atom stereocenters. The van der Waals surface area contributed by atoms with Gasteiger partial charge in [0.1, 0.15) is 0 Å². The van der Waals surface area contributed by atoms with Crippen molar-refractivity contribution in [2.24, 2.45) is 11.7 Å². The summed E-state index contributed by atoms with van der Waals surface area (Å²) in [6, 6.07) is 1.32.